The topological polar surface area (TPSA) is 69.4 Å². The van der Waals surface area contributed by atoms with Gasteiger partial charge in [0.05, 0.1) is 10.5 Å². The van der Waals surface area contributed by atoms with Crippen molar-refractivity contribution < 1.29 is 14.5 Å². The largest absolute Gasteiger partial charge is 0.455 e. The minimum absolute atomic E-state index is 0.0527. The summed E-state index contributed by atoms with van der Waals surface area (Å²) in [6.45, 7) is 3.57. The van der Waals surface area contributed by atoms with E-state index < -0.39 is 10.9 Å². The minimum atomic E-state index is -0.516. The van der Waals surface area contributed by atoms with E-state index in [1.165, 1.54) is 24.3 Å². The lowest BCUT2D eigenvalue weighted by molar-refractivity contribution is -0.384. The van der Waals surface area contributed by atoms with Crippen LogP contribution in [0, 0.1) is 10.1 Å². The van der Waals surface area contributed by atoms with E-state index in [-0.39, 0.29) is 11.8 Å². The van der Waals surface area contributed by atoms with E-state index in [4.69, 9.17) is 4.74 Å². The highest BCUT2D eigenvalue weighted by molar-refractivity contribution is 5.89. The number of carbonyl (C=O) groups is 1. The number of hydrogen-bond acceptors (Lipinski definition) is 4. The number of hydrogen-bond donors (Lipinski definition) is 0. The van der Waals surface area contributed by atoms with Gasteiger partial charge in [-0.25, -0.2) is 4.79 Å². The van der Waals surface area contributed by atoms with Gasteiger partial charge in [-0.1, -0.05) is 6.08 Å². The quantitative estimate of drug-likeness (QED) is 0.348. The fraction of sp³-hybridized carbons (Fsp3) is 0.250. The molecule has 0 heterocycles. The molecule has 0 saturated heterocycles. The number of benzene rings is 1. The number of esters is 1. The minimum Gasteiger partial charge on any atom is -0.455 e. The second kappa shape index (κ2) is 5.79. The molecule has 1 rings (SSSR count). The first kappa shape index (κ1) is 12.9. The summed E-state index contributed by atoms with van der Waals surface area (Å²) in [5.41, 5.74) is 0.245. The normalized spacial score (nSPS) is 12.4. The first-order valence-corrected chi connectivity index (χ1v) is 5.13. The smallest absolute Gasteiger partial charge is 0.338 e. The first-order valence-electron chi connectivity index (χ1n) is 5.13. The molecule has 17 heavy (non-hydrogen) atoms. The van der Waals surface area contributed by atoms with Crippen LogP contribution in [0.2, 0.25) is 0 Å². The molecule has 0 aliphatic carbocycles. The van der Waals surface area contributed by atoms with E-state index >= 15 is 0 Å². The molecule has 0 bridgehead atoms. The van der Waals surface area contributed by atoms with Crippen molar-refractivity contribution in [1.82, 2.24) is 0 Å². The number of nitro groups is 1. The van der Waals surface area contributed by atoms with Crippen LogP contribution in [0.3, 0.4) is 0 Å². The molecule has 0 radical (unpaired) electrons. The Balaban J connectivity index is 2.73. The predicted molar refractivity (Wildman–Crippen MR) is 62.8 cm³/mol. The number of rotatable bonds is 4. The Bertz CT molecular complexity index is 436. The summed E-state index contributed by atoms with van der Waals surface area (Å²) in [5.74, 6) is -0.495. The maximum atomic E-state index is 11.6. The average Bonchev–Trinajstić information content (AvgIpc) is 2.29. The van der Waals surface area contributed by atoms with E-state index in [2.05, 4.69) is 0 Å². The Morgan fingerprint density at radius 3 is 2.47 bits per heavy atom. The van der Waals surface area contributed by atoms with E-state index in [1.54, 1.807) is 19.1 Å². The summed E-state index contributed by atoms with van der Waals surface area (Å²) in [6.07, 6.45) is 3.21. The lowest BCUT2D eigenvalue weighted by Crippen LogP contribution is -2.12. The van der Waals surface area contributed by atoms with Crippen LogP contribution in [0.4, 0.5) is 5.69 Å². The highest BCUT2D eigenvalue weighted by Crippen LogP contribution is 2.13. The molecular formula is C12H13NO4. The molecule has 0 aromatic heterocycles. The maximum absolute atomic E-state index is 11.6. The van der Waals surface area contributed by atoms with Crippen LogP contribution < -0.4 is 0 Å². The third-order valence-corrected chi connectivity index (χ3v) is 2.07. The van der Waals surface area contributed by atoms with Gasteiger partial charge >= 0.3 is 5.97 Å². The molecule has 0 fully saturated rings. The van der Waals surface area contributed by atoms with Gasteiger partial charge in [-0.2, -0.15) is 0 Å². The van der Waals surface area contributed by atoms with Gasteiger partial charge in [0.15, 0.2) is 0 Å². The van der Waals surface area contributed by atoms with E-state index in [9.17, 15) is 14.9 Å². The second-order valence-electron chi connectivity index (χ2n) is 3.44. The Labute approximate surface area is 98.9 Å². The molecule has 0 aliphatic heterocycles. The lowest BCUT2D eigenvalue weighted by Gasteiger charge is -2.08. The Morgan fingerprint density at radius 1 is 1.41 bits per heavy atom. The monoisotopic (exact) mass is 235 g/mol. The molecule has 1 aromatic carbocycles. The second-order valence-corrected chi connectivity index (χ2v) is 3.44. The van der Waals surface area contributed by atoms with Crippen molar-refractivity contribution in [2.75, 3.05) is 0 Å². The molecular weight excluding hydrogens is 222 g/mol. The van der Waals surface area contributed by atoms with E-state index in [0.29, 0.717) is 5.56 Å². The van der Waals surface area contributed by atoms with Crippen molar-refractivity contribution in [2.24, 2.45) is 0 Å². The fourth-order valence-electron chi connectivity index (χ4n) is 1.27. The molecule has 5 heteroatoms. The van der Waals surface area contributed by atoms with Gasteiger partial charge < -0.3 is 4.74 Å². The van der Waals surface area contributed by atoms with Crippen LogP contribution in [0.25, 0.3) is 0 Å². The number of nitrogens with zero attached hydrogens (tertiary/aromatic N) is 1. The molecule has 5 nitrogen and oxygen atoms in total. The molecule has 0 spiro atoms. The van der Waals surface area contributed by atoms with Crippen LogP contribution in [0.5, 0.6) is 0 Å². The third kappa shape index (κ3) is 3.71. The predicted octanol–water partition coefficient (Wildman–Crippen LogP) is 2.72. The Kier molecular flexibility index (Phi) is 4.39. The van der Waals surface area contributed by atoms with Crippen molar-refractivity contribution in [2.45, 2.75) is 20.0 Å². The molecule has 1 aromatic rings. The van der Waals surface area contributed by atoms with Crippen LogP contribution >= 0.6 is 0 Å². The highest BCUT2D eigenvalue weighted by atomic mass is 16.6. The van der Waals surface area contributed by atoms with Gasteiger partial charge in [0, 0.05) is 12.1 Å². The summed E-state index contributed by atoms with van der Waals surface area (Å²) in [4.78, 5) is 21.5. The summed E-state index contributed by atoms with van der Waals surface area (Å²) < 4.78 is 5.08. The molecule has 0 N–H and O–H groups in total. The van der Waals surface area contributed by atoms with Gasteiger partial charge in [0.1, 0.15) is 6.10 Å². The maximum Gasteiger partial charge on any atom is 0.338 e. The fourth-order valence-corrected chi connectivity index (χ4v) is 1.27. The van der Waals surface area contributed by atoms with Crippen molar-refractivity contribution in [1.29, 1.82) is 0 Å². The van der Waals surface area contributed by atoms with Crippen molar-refractivity contribution in [3.05, 3.63) is 52.1 Å². The Hall–Kier alpha value is -2.17. The van der Waals surface area contributed by atoms with Crippen molar-refractivity contribution >= 4 is 11.7 Å². The van der Waals surface area contributed by atoms with E-state index in [0.717, 1.165) is 0 Å². The third-order valence-electron chi connectivity index (χ3n) is 2.07. The number of nitro benzene ring substituents is 1. The first-order chi connectivity index (χ1) is 8.04. The molecule has 90 valence electrons. The molecule has 0 amide bonds. The zero-order valence-corrected chi connectivity index (χ0v) is 9.62. The van der Waals surface area contributed by atoms with Crippen LogP contribution in [-0.2, 0) is 4.74 Å². The number of non-ortho nitro benzene ring substituents is 1. The summed E-state index contributed by atoms with van der Waals surface area (Å²) in [7, 11) is 0. The standard InChI is InChI=1S/C12H13NO4/c1-3-4-9(2)17-12(14)10-5-7-11(8-6-10)13(15)16/h3-9H,1-2H3/b4-3+/t9-/m0/s1. The van der Waals surface area contributed by atoms with Gasteiger partial charge in [0.25, 0.3) is 5.69 Å². The van der Waals surface area contributed by atoms with Gasteiger partial charge in [0.2, 0.25) is 0 Å². The SMILES string of the molecule is C/C=C/[C@H](C)OC(=O)c1ccc([N+](=O)[O-])cc1. The molecule has 0 aliphatic rings. The zero-order chi connectivity index (χ0) is 12.8. The van der Waals surface area contributed by atoms with Gasteiger partial charge in [-0.3, -0.25) is 10.1 Å². The Morgan fingerprint density at radius 2 is 2.00 bits per heavy atom. The number of allylic oxidation sites excluding steroid dienone is 1. The zero-order valence-electron chi connectivity index (χ0n) is 9.62. The average molecular weight is 235 g/mol. The van der Waals surface area contributed by atoms with E-state index in [1.807, 2.05) is 6.92 Å². The van der Waals surface area contributed by atoms with Gasteiger partial charge in [-0.05, 0) is 32.1 Å². The lowest BCUT2D eigenvalue weighted by atomic mass is 10.2. The summed E-state index contributed by atoms with van der Waals surface area (Å²) >= 11 is 0. The molecule has 1 atom stereocenters. The molecule has 0 unspecified atom stereocenters. The number of carbonyl (C=O) groups excluding carboxylic acids is 1. The highest BCUT2D eigenvalue weighted by Gasteiger charge is 2.12. The summed E-state index contributed by atoms with van der Waals surface area (Å²) in [5, 5.41) is 10.4. The molecule has 0 saturated carbocycles. The van der Waals surface area contributed by atoms with Crippen molar-refractivity contribution in [3.63, 3.8) is 0 Å². The van der Waals surface area contributed by atoms with Crippen molar-refractivity contribution in [3.8, 4) is 0 Å². The van der Waals surface area contributed by atoms with Crippen LogP contribution in [0.15, 0.2) is 36.4 Å². The number of ether oxygens (including phenoxy) is 1. The van der Waals surface area contributed by atoms with Gasteiger partial charge in [-0.15, -0.1) is 0 Å². The van der Waals surface area contributed by atoms with Crippen LogP contribution in [0.1, 0.15) is 24.2 Å². The summed E-state index contributed by atoms with van der Waals surface area (Å²) in [6, 6.07) is 5.31. The van der Waals surface area contributed by atoms with Crippen LogP contribution in [-0.4, -0.2) is 17.0 Å².